The lowest BCUT2D eigenvalue weighted by Gasteiger charge is -2.50. The van der Waals surface area contributed by atoms with Crippen LogP contribution >= 0.6 is 0 Å². The van der Waals surface area contributed by atoms with Crippen molar-refractivity contribution in [3.63, 3.8) is 0 Å². The zero-order chi connectivity index (χ0) is 52.4. The Balaban J connectivity index is 1.22. The van der Waals surface area contributed by atoms with Crippen molar-refractivity contribution in [2.45, 2.75) is 132 Å². The first-order valence-electron chi connectivity index (χ1n) is 26.6. The molecule has 2 aliphatic rings. The Morgan fingerprint density at radius 1 is 0.541 bits per heavy atom. The highest BCUT2D eigenvalue weighted by Gasteiger charge is 2.62. The van der Waals surface area contributed by atoms with Gasteiger partial charge in [-0.1, -0.05) is 163 Å². The average Bonchev–Trinajstić information content (AvgIpc) is 3.83. The molecule has 5 heteroatoms. The lowest BCUT2D eigenvalue weighted by molar-refractivity contribution is -0.0653. The van der Waals surface area contributed by atoms with Gasteiger partial charge in [-0.25, -0.2) is 9.98 Å². The lowest BCUT2D eigenvalue weighted by Crippen LogP contribution is -2.58. The van der Waals surface area contributed by atoms with Gasteiger partial charge in [0.15, 0.2) is 0 Å². The Bertz CT molecular complexity index is 3670. The van der Waals surface area contributed by atoms with E-state index < -0.39 is 11.1 Å². The number of aryl methyl sites for hydroxylation is 5. The number of aromatic nitrogens is 2. The molecule has 0 spiro atoms. The van der Waals surface area contributed by atoms with Crippen LogP contribution in [0.2, 0.25) is 0 Å². The van der Waals surface area contributed by atoms with E-state index in [0.717, 1.165) is 45.0 Å². The van der Waals surface area contributed by atoms with Crippen molar-refractivity contribution in [2.24, 2.45) is 10.4 Å². The van der Waals surface area contributed by atoms with Crippen molar-refractivity contribution in [1.29, 1.82) is 0 Å². The molecule has 2 aromatic heterocycles. The molecule has 4 heterocycles. The van der Waals surface area contributed by atoms with E-state index in [4.69, 9.17) is 14.7 Å². The number of anilines is 3. The monoisotopic (exact) mass is 973 g/mol. The summed E-state index contributed by atoms with van der Waals surface area (Å²) in [4.78, 5) is 13.6. The third-order valence-corrected chi connectivity index (χ3v) is 17.1. The van der Waals surface area contributed by atoms with Gasteiger partial charge >= 0.3 is 0 Å². The van der Waals surface area contributed by atoms with Gasteiger partial charge in [0, 0.05) is 45.0 Å². The van der Waals surface area contributed by atoms with E-state index in [1.165, 1.54) is 72.0 Å². The highest BCUT2D eigenvalue weighted by Crippen LogP contribution is 2.58. The van der Waals surface area contributed by atoms with Crippen molar-refractivity contribution in [1.82, 2.24) is 9.55 Å². The van der Waals surface area contributed by atoms with Gasteiger partial charge in [-0.3, -0.25) is 4.57 Å². The zero-order valence-electron chi connectivity index (χ0n) is 46.3. The predicted octanol–water partition coefficient (Wildman–Crippen LogP) is 18.0. The summed E-state index contributed by atoms with van der Waals surface area (Å²) in [6.07, 6.45) is 1.97. The topological polar surface area (TPSA) is 42.6 Å². The number of ether oxygens (including phenoxy) is 1. The van der Waals surface area contributed by atoms with Crippen LogP contribution in [-0.4, -0.2) is 26.6 Å². The van der Waals surface area contributed by atoms with Crippen LogP contribution < -0.4 is 4.90 Å². The number of aliphatic imine (C=N–C) groups is 1. The Hall–Kier alpha value is -7.24. The maximum Gasteiger partial charge on any atom is 0.217 e. The predicted molar refractivity (Wildman–Crippen MR) is 312 cm³/mol. The van der Waals surface area contributed by atoms with Crippen LogP contribution in [0.5, 0.6) is 0 Å². The number of rotatable bonds is 7. The van der Waals surface area contributed by atoms with E-state index in [9.17, 15) is 0 Å². The molecular formula is C69H72N4O. The molecule has 74 heavy (non-hydrogen) atoms. The second-order valence-electron chi connectivity index (χ2n) is 24.6. The van der Waals surface area contributed by atoms with Crippen LogP contribution in [0.4, 0.5) is 17.1 Å². The maximum atomic E-state index is 7.66. The number of pyridine rings is 1. The number of fused-ring (bicyclic) bond motifs is 5. The van der Waals surface area contributed by atoms with Gasteiger partial charge in [0.1, 0.15) is 17.0 Å². The molecule has 5 nitrogen and oxygen atoms in total. The first kappa shape index (κ1) is 49.0. The minimum Gasteiger partial charge on any atom is -0.468 e. The largest absolute Gasteiger partial charge is 0.468 e. The van der Waals surface area contributed by atoms with E-state index in [0.29, 0.717) is 5.90 Å². The van der Waals surface area contributed by atoms with Crippen LogP contribution in [0, 0.1) is 40.0 Å². The summed E-state index contributed by atoms with van der Waals surface area (Å²) in [6.45, 7) is 34.3. The van der Waals surface area contributed by atoms with E-state index in [-0.39, 0.29) is 22.2 Å². The number of hydrogen-bond donors (Lipinski definition) is 0. The van der Waals surface area contributed by atoms with Crippen molar-refractivity contribution in [3.05, 3.63) is 219 Å². The van der Waals surface area contributed by atoms with Crippen LogP contribution in [0.3, 0.4) is 0 Å². The fraction of sp³-hybridized carbons (Fsp3) is 0.304. The molecule has 0 aliphatic carbocycles. The summed E-state index contributed by atoms with van der Waals surface area (Å²) in [6, 6.07) is 56.8. The first-order chi connectivity index (χ1) is 35.0. The van der Waals surface area contributed by atoms with Crippen LogP contribution in [-0.2, 0) is 15.6 Å². The fourth-order valence-corrected chi connectivity index (χ4v) is 12.8. The molecular weight excluding hydrogens is 901 g/mol. The van der Waals surface area contributed by atoms with E-state index >= 15 is 0 Å². The first-order valence-corrected chi connectivity index (χ1v) is 26.6. The fourth-order valence-electron chi connectivity index (χ4n) is 12.8. The Labute approximate surface area is 440 Å². The van der Waals surface area contributed by atoms with Crippen LogP contribution in [0.1, 0.15) is 136 Å². The second kappa shape index (κ2) is 17.2. The van der Waals surface area contributed by atoms with Gasteiger partial charge in [0.2, 0.25) is 5.90 Å². The Morgan fingerprint density at radius 3 is 1.77 bits per heavy atom. The van der Waals surface area contributed by atoms with Crippen LogP contribution in [0.25, 0.3) is 38.8 Å². The summed E-state index contributed by atoms with van der Waals surface area (Å²) in [5, 5.41) is 2.44. The minimum atomic E-state index is -0.737. The highest BCUT2D eigenvalue weighted by atomic mass is 16.5. The average molecular weight is 973 g/mol. The van der Waals surface area contributed by atoms with E-state index in [1.807, 2.05) is 6.20 Å². The smallest absolute Gasteiger partial charge is 0.217 e. The van der Waals surface area contributed by atoms with E-state index in [2.05, 4.69) is 265 Å². The van der Waals surface area contributed by atoms with Gasteiger partial charge in [-0.15, -0.1) is 0 Å². The summed E-state index contributed by atoms with van der Waals surface area (Å²) in [7, 11) is 0. The third kappa shape index (κ3) is 7.71. The Morgan fingerprint density at radius 2 is 1.14 bits per heavy atom. The van der Waals surface area contributed by atoms with Gasteiger partial charge < -0.3 is 9.64 Å². The molecule has 9 aromatic rings. The molecule has 0 unspecified atom stereocenters. The molecule has 0 amide bonds. The molecule has 0 saturated heterocycles. The molecule has 0 saturated carbocycles. The molecule has 7 aromatic carbocycles. The van der Waals surface area contributed by atoms with Gasteiger partial charge in [-0.05, 0) is 165 Å². The summed E-state index contributed by atoms with van der Waals surface area (Å²) in [5.74, 6) is 1.47. The second-order valence-corrected chi connectivity index (χ2v) is 24.6. The summed E-state index contributed by atoms with van der Waals surface area (Å²) < 4.78 is 10.1. The summed E-state index contributed by atoms with van der Waals surface area (Å²) >= 11 is 0. The molecule has 11 rings (SSSR count). The zero-order valence-corrected chi connectivity index (χ0v) is 46.3. The lowest BCUT2D eigenvalue weighted by atomic mass is 9.59. The Kier molecular flexibility index (Phi) is 11.4. The third-order valence-electron chi connectivity index (χ3n) is 17.1. The van der Waals surface area contributed by atoms with Gasteiger partial charge in [0.25, 0.3) is 0 Å². The molecule has 0 bridgehead atoms. The molecule has 2 aliphatic heterocycles. The van der Waals surface area contributed by atoms with Crippen molar-refractivity contribution in [2.75, 3.05) is 4.90 Å². The quantitative estimate of drug-likeness (QED) is 0.160. The van der Waals surface area contributed by atoms with Crippen LogP contribution in [0.15, 0.2) is 163 Å². The van der Waals surface area contributed by atoms with Gasteiger partial charge in [0.05, 0.1) is 22.4 Å². The van der Waals surface area contributed by atoms with Crippen molar-refractivity contribution >= 4 is 44.8 Å². The number of nitrogens with zero attached hydrogens (tertiary/aromatic N) is 4. The van der Waals surface area contributed by atoms with E-state index in [1.54, 1.807) is 0 Å². The summed E-state index contributed by atoms with van der Waals surface area (Å²) in [5.41, 5.74) is 19.1. The van der Waals surface area contributed by atoms with Gasteiger partial charge in [-0.2, -0.15) is 0 Å². The maximum absolute atomic E-state index is 7.66. The number of hydrogen-bond acceptors (Lipinski definition) is 4. The molecule has 374 valence electrons. The minimum absolute atomic E-state index is 0.0508. The molecule has 0 radical (unpaired) electrons. The SMILES string of the molecule is Cc1cc(C)c(-c2cc(C3=N[C@](C)(C(c4ccccc4)c4ccccc4)[C@@](C)(C(C)(C)C)O3)cc(N3c4ccc(C)cc4C(C)(C)c4cc5c6cc(C)ccc6n(-c6cc(C(C)(C)C)ccn6)c5cc43)c2)c(C)c1. The number of benzene rings is 7. The molecule has 0 N–H and O–H groups in total. The van der Waals surface area contributed by atoms with Crippen molar-refractivity contribution in [3.8, 4) is 16.9 Å². The van der Waals surface area contributed by atoms with Crippen molar-refractivity contribution < 1.29 is 4.74 Å². The molecule has 2 atom stereocenters. The highest BCUT2D eigenvalue weighted by molar-refractivity contribution is 6.12. The standard InChI is InChI=1S/C69H72N4O/c1-42-26-28-57-53(34-42)54-40-56-60(41-59(54)73(57)61-39-51(30-31-70-61)65(6,7)8)72(58-29-27-43(2)35-55(58)67(56,12)13)52-37-49(62-45(4)32-44(3)33-46(62)5)36-50(38-52)64-71-68(14,69(15,74-64)66(9,10)11)63(47-22-18-16-19-23-47)48-24-20-17-21-25-48/h16-41,63H,1-15H3/t68-,69-/m1/s1. The normalized spacial score (nSPS) is 18.4. The molecule has 0 fully saturated rings.